The van der Waals surface area contributed by atoms with Crippen LogP contribution in [-0.4, -0.2) is 19.1 Å². The summed E-state index contributed by atoms with van der Waals surface area (Å²) in [4.78, 5) is 9.25. The van der Waals surface area contributed by atoms with Crippen LogP contribution >= 0.6 is 0 Å². The normalized spacial score (nSPS) is 14.7. The van der Waals surface area contributed by atoms with Gasteiger partial charge in [0.25, 0.3) is 0 Å². The van der Waals surface area contributed by atoms with E-state index in [4.69, 9.17) is 0 Å². The molecule has 3 aliphatic carbocycles. The second-order valence-corrected chi connectivity index (χ2v) is 21.0. The first-order valence-corrected chi connectivity index (χ1v) is 24.7. The molecule has 8 aromatic carbocycles. The van der Waals surface area contributed by atoms with Crippen LogP contribution in [0.25, 0.3) is 111 Å². The first kappa shape index (κ1) is 39.6. The quantitative estimate of drug-likeness (QED) is 0.176. The van der Waals surface area contributed by atoms with Gasteiger partial charge >= 0.3 is 0 Å². The van der Waals surface area contributed by atoms with E-state index >= 15 is 0 Å². The van der Waals surface area contributed by atoms with Crippen LogP contribution in [0.5, 0.6) is 0 Å². The SMILES string of the molecule is CC1(C)c2ccccc2-c2cc(-c3ccc4c(c3)c3cc5c(cc3n4-c3cccnc3)-c3cc4c(cc3CC5)c3cc(-c5ccc6c(c5)-c5ccccc5C6(C)C)ccc3n4-c3cccnc3)ccc21. The van der Waals surface area contributed by atoms with Gasteiger partial charge in [-0.15, -0.1) is 0 Å². The van der Waals surface area contributed by atoms with E-state index in [-0.39, 0.29) is 10.8 Å². The summed E-state index contributed by atoms with van der Waals surface area (Å²) in [7, 11) is 0. The van der Waals surface area contributed by atoms with Crippen LogP contribution in [0.3, 0.4) is 0 Å². The van der Waals surface area contributed by atoms with Crippen molar-refractivity contribution in [1.29, 1.82) is 0 Å². The summed E-state index contributed by atoms with van der Waals surface area (Å²) in [6.45, 7) is 9.40. The van der Waals surface area contributed by atoms with E-state index in [1.165, 1.54) is 133 Å². The predicted molar refractivity (Wildman–Crippen MR) is 290 cm³/mol. The Morgan fingerprint density at radius 3 is 1.19 bits per heavy atom. The minimum Gasteiger partial charge on any atom is -0.308 e. The van der Waals surface area contributed by atoms with Crippen LogP contribution in [0.1, 0.15) is 61.1 Å². The third kappa shape index (κ3) is 5.42. The molecule has 4 aromatic heterocycles. The van der Waals surface area contributed by atoms with Gasteiger partial charge in [0.2, 0.25) is 0 Å². The summed E-state index contributed by atoms with van der Waals surface area (Å²) in [5, 5.41) is 5.05. The number of aromatic nitrogens is 4. The molecule has 4 heterocycles. The van der Waals surface area contributed by atoms with Crippen LogP contribution in [-0.2, 0) is 23.7 Å². The highest BCUT2D eigenvalue weighted by Gasteiger charge is 2.36. The van der Waals surface area contributed by atoms with Gasteiger partial charge in [0.15, 0.2) is 0 Å². The van der Waals surface area contributed by atoms with E-state index < -0.39 is 0 Å². The molecule has 0 fully saturated rings. The summed E-state index contributed by atoms with van der Waals surface area (Å²) in [6, 6.07) is 64.5. The molecule has 0 radical (unpaired) electrons. The molecule has 0 aliphatic heterocycles. The lowest BCUT2D eigenvalue weighted by molar-refractivity contribution is 0.660. The molecular formula is C66H48N4. The van der Waals surface area contributed by atoms with Crippen molar-refractivity contribution in [3.05, 3.63) is 228 Å². The number of fused-ring (bicyclic) bond motifs is 15. The van der Waals surface area contributed by atoms with Gasteiger partial charge in [0.1, 0.15) is 0 Å². The number of pyridine rings is 2. The van der Waals surface area contributed by atoms with Crippen molar-refractivity contribution in [1.82, 2.24) is 19.1 Å². The fraction of sp³-hybridized carbons (Fsp3) is 0.121. The molecule has 332 valence electrons. The Morgan fingerprint density at radius 1 is 0.343 bits per heavy atom. The number of hydrogen-bond donors (Lipinski definition) is 0. The van der Waals surface area contributed by atoms with Gasteiger partial charge in [-0.25, -0.2) is 0 Å². The van der Waals surface area contributed by atoms with E-state index in [0.29, 0.717) is 0 Å². The van der Waals surface area contributed by atoms with Crippen LogP contribution < -0.4 is 0 Å². The molecule has 0 amide bonds. The average molecular weight is 897 g/mol. The highest BCUT2D eigenvalue weighted by molar-refractivity contribution is 6.14. The second kappa shape index (κ2) is 14.1. The molecule has 0 N–H and O–H groups in total. The maximum Gasteiger partial charge on any atom is 0.0645 e. The lowest BCUT2D eigenvalue weighted by Gasteiger charge is -2.21. The smallest absolute Gasteiger partial charge is 0.0645 e. The fourth-order valence-electron chi connectivity index (χ4n) is 13.1. The van der Waals surface area contributed by atoms with Crippen molar-refractivity contribution in [2.45, 2.75) is 51.4 Å². The Hall–Kier alpha value is -8.34. The minimum atomic E-state index is -0.0250. The van der Waals surface area contributed by atoms with Gasteiger partial charge in [-0.05, 0) is 187 Å². The van der Waals surface area contributed by atoms with Crippen LogP contribution in [0.2, 0.25) is 0 Å². The molecule has 4 nitrogen and oxygen atoms in total. The number of benzene rings is 8. The molecule has 0 atom stereocenters. The molecule has 0 spiro atoms. The Morgan fingerprint density at radius 2 is 0.743 bits per heavy atom. The predicted octanol–water partition coefficient (Wildman–Crippen LogP) is 16.4. The molecule has 15 rings (SSSR count). The van der Waals surface area contributed by atoms with Gasteiger partial charge in [0, 0.05) is 44.8 Å². The fourth-order valence-corrected chi connectivity index (χ4v) is 13.1. The van der Waals surface area contributed by atoms with Crippen molar-refractivity contribution in [2.75, 3.05) is 0 Å². The Labute approximate surface area is 407 Å². The summed E-state index contributed by atoms with van der Waals surface area (Å²) in [6.07, 6.45) is 9.66. The zero-order valence-electron chi connectivity index (χ0n) is 39.7. The summed E-state index contributed by atoms with van der Waals surface area (Å²) in [5.41, 5.74) is 28.1. The molecule has 0 saturated heterocycles. The number of nitrogens with zero attached hydrogens (tertiary/aromatic N) is 4. The Bertz CT molecular complexity index is 3950. The Kier molecular flexibility index (Phi) is 7.99. The van der Waals surface area contributed by atoms with Gasteiger partial charge in [-0.2, -0.15) is 0 Å². The topological polar surface area (TPSA) is 35.6 Å². The zero-order valence-corrected chi connectivity index (χ0v) is 39.7. The van der Waals surface area contributed by atoms with Crippen LogP contribution in [0.15, 0.2) is 195 Å². The third-order valence-electron chi connectivity index (χ3n) is 16.6. The molecule has 12 aromatic rings. The molecule has 3 aliphatic rings. The lowest BCUT2D eigenvalue weighted by atomic mass is 9.82. The monoisotopic (exact) mass is 896 g/mol. The third-order valence-corrected chi connectivity index (χ3v) is 16.6. The molecule has 4 heteroatoms. The Balaban J connectivity index is 0.908. The highest BCUT2D eigenvalue weighted by atomic mass is 15.0. The molecule has 0 unspecified atom stereocenters. The number of rotatable bonds is 4. The zero-order chi connectivity index (χ0) is 46.6. The van der Waals surface area contributed by atoms with E-state index in [0.717, 1.165) is 24.2 Å². The molecule has 70 heavy (non-hydrogen) atoms. The molecular weight excluding hydrogens is 849 g/mol. The maximum absolute atomic E-state index is 4.63. The molecule has 0 saturated carbocycles. The summed E-state index contributed by atoms with van der Waals surface area (Å²) < 4.78 is 4.84. The van der Waals surface area contributed by atoms with Gasteiger partial charge in [-0.3, -0.25) is 9.97 Å². The maximum atomic E-state index is 4.63. The lowest BCUT2D eigenvalue weighted by Crippen LogP contribution is -2.14. The van der Waals surface area contributed by atoms with Gasteiger partial charge < -0.3 is 9.13 Å². The number of aryl methyl sites for hydroxylation is 2. The van der Waals surface area contributed by atoms with E-state index in [1.807, 2.05) is 36.9 Å². The van der Waals surface area contributed by atoms with Gasteiger partial charge in [-0.1, -0.05) is 113 Å². The van der Waals surface area contributed by atoms with Crippen molar-refractivity contribution in [3.8, 4) is 67.0 Å². The van der Waals surface area contributed by atoms with Crippen molar-refractivity contribution >= 4 is 43.6 Å². The highest BCUT2D eigenvalue weighted by Crippen LogP contribution is 2.52. The van der Waals surface area contributed by atoms with Gasteiger partial charge in [0.05, 0.1) is 45.8 Å². The first-order valence-electron chi connectivity index (χ1n) is 24.7. The van der Waals surface area contributed by atoms with E-state index in [2.05, 4.69) is 205 Å². The molecule has 0 bridgehead atoms. The number of hydrogen-bond acceptors (Lipinski definition) is 2. The summed E-state index contributed by atoms with van der Waals surface area (Å²) >= 11 is 0. The average Bonchev–Trinajstić information content (AvgIpc) is 4.05. The van der Waals surface area contributed by atoms with Crippen molar-refractivity contribution < 1.29 is 0 Å². The standard InChI is InChI=1S/C66H48N4/c1-65(2)57-15-7-5-13-47(57)51-29-39(19-23-59(51)65)41-21-25-61-53(31-41)55-33-43-17-18-44-34-56-54-32-42(40-20-24-60-52(30-40)48-14-6-8-16-58(48)66(60,3)4)22-26-62(54)70(46-12-10-28-68-38-46)64(56)36-50(44)49(43)35-63(55)69(61)45-11-9-27-67-37-45/h5-16,19-38H,17-18H2,1-4H3. The van der Waals surface area contributed by atoms with E-state index in [1.54, 1.807) is 0 Å². The van der Waals surface area contributed by atoms with Crippen LogP contribution in [0.4, 0.5) is 0 Å². The minimum absolute atomic E-state index is 0.0250. The van der Waals surface area contributed by atoms with Crippen molar-refractivity contribution in [3.63, 3.8) is 0 Å². The van der Waals surface area contributed by atoms with E-state index in [9.17, 15) is 0 Å². The van der Waals surface area contributed by atoms with Crippen molar-refractivity contribution in [2.24, 2.45) is 0 Å². The largest absolute Gasteiger partial charge is 0.308 e. The first-order chi connectivity index (χ1) is 34.2. The second-order valence-electron chi connectivity index (χ2n) is 21.0. The van der Waals surface area contributed by atoms with Crippen LogP contribution in [0, 0.1) is 0 Å². The summed E-state index contributed by atoms with van der Waals surface area (Å²) in [5.74, 6) is 0.